The molecular weight excluding hydrogens is 374 g/mol. The van der Waals surface area contributed by atoms with Crippen LogP contribution in [0.2, 0.25) is 0 Å². The quantitative estimate of drug-likeness (QED) is 0.690. The maximum atomic E-state index is 14.2. The molecule has 1 fully saturated rings. The maximum absolute atomic E-state index is 14.2. The second kappa shape index (κ2) is 7.30. The number of hydrogen-bond donors (Lipinski definition) is 0. The van der Waals surface area contributed by atoms with E-state index in [4.69, 9.17) is 4.74 Å². The summed E-state index contributed by atoms with van der Waals surface area (Å²) in [6, 6.07) is 0. The second-order valence-corrected chi connectivity index (χ2v) is 8.40. The molecular formula is C19H22F2N2O3S. The van der Waals surface area contributed by atoms with Crippen LogP contribution in [0.5, 0.6) is 5.88 Å². The Kier molecular flexibility index (Phi) is 5.01. The van der Waals surface area contributed by atoms with Crippen molar-refractivity contribution in [2.24, 2.45) is 0 Å². The van der Waals surface area contributed by atoms with Gasteiger partial charge in [-0.15, -0.1) is 11.3 Å². The van der Waals surface area contributed by atoms with Crippen LogP contribution in [-0.4, -0.2) is 35.1 Å². The molecule has 0 aliphatic heterocycles. The number of rotatable bonds is 5. The number of fused-ring (bicyclic) bond motifs is 3. The van der Waals surface area contributed by atoms with Gasteiger partial charge in [0.15, 0.2) is 0 Å². The lowest BCUT2D eigenvalue weighted by atomic mass is 9.94. The summed E-state index contributed by atoms with van der Waals surface area (Å²) >= 11 is 1.51. The molecule has 2 aromatic rings. The Bertz CT molecular complexity index is 849. The number of thiophene rings is 1. The molecule has 0 bridgehead atoms. The van der Waals surface area contributed by atoms with Crippen LogP contribution in [0.3, 0.4) is 0 Å². The smallest absolute Gasteiger partial charge is 0.376 e. The van der Waals surface area contributed by atoms with Crippen LogP contribution < -0.4 is 4.74 Å². The van der Waals surface area contributed by atoms with Gasteiger partial charge in [-0.3, -0.25) is 0 Å². The van der Waals surface area contributed by atoms with Crippen LogP contribution in [0.1, 0.15) is 61.3 Å². The normalized spacial score (nSPS) is 20.6. The Morgan fingerprint density at radius 1 is 1.26 bits per heavy atom. The molecule has 4 rings (SSSR count). The number of aromatic nitrogens is 2. The molecule has 27 heavy (non-hydrogen) atoms. The second-order valence-electron chi connectivity index (χ2n) is 7.31. The number of carbonyl (C=O) groups is 1. The van der Waals surface area contributed by atoms with Crippen LogP contribution in [-0.2, 0) is 16.0 Å². The predicted octanol–water partition coefficient (Wildman–Crippen LogP) is 4.63. The Morgan fingerprint density at radius 2 is 2.04 bits per heavy atom. The van der Waals surface area contributed by atoms with Crippen molar-refractivity contribution in [3.8, 4) is 5.88 Å². The molecule has 8 heteroatoms. The van der Waals surface area contributed by atoms with Gasteiger partial charge in [-0.1, -0.05) is 6.42 Å². The molecule has 0 saturated heterocycles. The van der Waals surface area contributed by atoms with Crippen molar-refractivity contribution in [1.29, 1.82) is 0 Å². The van der Waals surface area contributed by atoms with Crippen molar-refractivity contribution >= 4 is 27.5 Å². The summed E-state index contributed by atoms with van der Waals surface area (Å²) in [5.41, 5.74) is 0.838. The first-order valence-corrected chi connectivity index (χ1v) is 10.2. The van der Waals surface area contributed by atoms with Gasteiger partial charge >= 0.3 is 11.9 Å². The van der Waals surface area contributed by atoms with Crippen LogP contribution in [0, 0.1) is 0 Å². The first-order chi connectivity index (χ1) is 13.0. The average molecular weight is 396 g/mol. The Hall–Kier alpha value is -1.83. The number of halogens is 2. The molecule has 0 amide bonds. The molecule has 2 heterocycles. The number of esters is 1. The van der Waals surface area contributed by atoms with E-state index in [1.807, 2.05) is 0 Å². The number of aryl methyl sites for hydroxylation is 1. The summed E-state index contributed by atoms with van der Waals surface area (Å²) in [4.78, 5) is 21.9. The highest BCUT2D eigenvalue weighted by Gasteiger charge is 2.45. The molecule has 1 atom stereocenters. The first-order valence-electron chi connectivity index (χ1n) is 9.38. The number of alkyl halides is 2. The minimum absolute atomic E-state index is 0.115. The van der Waals surface area contributed by atoms with E-state index in [0.717, 1.165) is 53.5 Å². The zero-order valence-electron chi connectivity index (χ0n) is 15.2. The van der Waals surface area contributed by atoms with E-state index in [-0.39, 0.29) is 6.10 Å². The van der Waals surface area contributed by atoms with E-state index in [1.165, 1.54) is 24.1 Å². The predicted molar refractivity (Wildman–Crippen MR) is 97.6 cm³/mol. The maximum Gasteiger partial charge on any atom is 0.376 e. The minimum atomic E-state index is -3.50. The summed E-state index contributed by atoms with van der Waals surface area (Å²) in [5.74, 6) is -4.92. The average Bonchev–Trinajstić information content (AvgIpc) is 3.22. The van der Waals surface area contributed by atoms with Crippen LogP contribution >= 0.6 is 11.3 Å². The zero-order chi connectivity index (χ0) is 19.0. The lowest BCUT2D eigenvalue weighted by Gasteiger charge is -2.23. The highest BCUT2D eigenvalue weighted by Crippen LogP contribution is 2.49. The summed E-state index contributed by atoms with van der Waals surface area (Å²) in [6.45, 7) is 0. The molecule has 146 valence electrons. The lowest BCUT2D eigenvalue weighted by molar-refractivity contribution is -0.170. The molecule has 2 aliphatic rings. The molecule has 0 radical (unpaired) electrons. The van der Waals surface area contributed by atoms with Gasteiger partial charge in [-0.05, 0) is 50.0 Å². The van der Waals surface area contributed by atoms with Crippen molar-refractivity contribution in [3.63, 3.8) is 0 Å². The van der Waals surface area contributed by atoms with E-state index in [9.17, 15) is 13.6 Å². The number of methoxy groups -OCH3 is 1. The summed E-state index contributed by atoms with van der Waals surface area (Å²) in [5, 5.41) is 0.756. The fourth-order valence-corrected chi connectivity index (χ4v) is 5.45. The molecule has 0 aromatic carbocycles. The van der Waals surface area contributed by atoms with Gasteiger partial charge in [-0.25, -0.2) is 14.8 Å². The van der Waals surface area contributed by atoms with Gasteiger partial charge in [0.25, 0.3) is 0 Å². The third kappa shape index (κ3) is 3.51. The molecule has 1 saturated carbocycles. The third-order valence-corrected chi connectivity index (χ3v) is 6.69. The number of ether oxygens (including phenoxy) is 2. The van der Waals surface area contributed by atoms with Gasteiger partial charge in [0.1, 0.15) is 17.3 Å². The SMILES string of the molecule is COC(=O)C(F)(F)CC1CCc2sc3ncnc(OC4CCCCC4)c3c21. The fraction of sp³-hybridized carbons (Fsp3) is 0.632. The first kappa shape index (κ1) is 18.5. The van der Waals surface area contributed by atoms with E-state index in [0.29, 0.717) is 18.7 Å². The highest BCUT2D eigenvalue weighted by atomic mass is 32.1. The number of carbonyl (C=O) groups excluding carboxylic acids is 1. The Labute approximate surface area is 160 Å². The van der Waals surface area contributed by atoms with Gasteiger partial charge in [0, 0.05) is 11.3 Å². The van der Waals surface area contributed by atoms with Crippen LogP contribution in [0.15, 0.2) is 6.33 Å². The molecule has 2 aliphatic carbocycles. The standard InChI is InChI=1S/C19H22F2N2O3S/c1-25-18(24)19(20,21)9-11-7-8-13-14(11)15-16(22-10-23-17(15)27-13)26-12-5-3-2-4-6-12/h10-12H,2-9H2,1H3. The van der Waals surface area contributed by atoms with E-state index < -0.39 is 24.2 Å². The van der Waals surface area contributed by atoms with E-state index in [1.54, 1.807) is 0 Å². The lowest BCUT2D eigenvalue weighted by Crippen LogP contribution is -2.31. The van der Waals surface area contributed by atoms with Crippen molar-refractivity contribution in [2.75, 3.05) is 7.11 Å². The van der Waals surface area contributed by atoms with Crippen LogP contribution in [0.25, 0.3) is 10.2 Å². The van der Waals surface area contributed by atoms with E-state index >= 15 is 0 Å². The van der Waals surface area contributed by atoms with Gasteiger partial charge in [0.2, 0.25) is 5.88 Å². The number of hydrogen-bond acceptors (Lipinski definition) is 6. The monoisotopic (exact) mass is 396 g/mol. The van der Waals surface area contributed by atoms with Crippen molar-refractivity contribution in [2.45, 2.75) is 69.3 Å². The van der Waals surface area contributed by atoms with Crippen molar-refractivity contribution < 1.29 is 23.0 Å². The minimum Gasteiger partial charge on any atom is -0.474 e. The largest absolute Gasteiger partial charge is 0.474 e. The number of nitrogens with zero attached hydrogens (tertiary/aromatic N) is 2. The van der Waals surface area contributed by atoms with Crippen LogP contribution in [0.4, 0.5) is 8.78 Å². The third-order valence-electron chi connectivity index (χ3n) is 5.51. The van der Waals surface area contributed by atoms with Gasteiger partial charge in [-0.2, -0.15) is 8.78 Å². The van der Waals surface area contributed by atoms with Gasteiger partial charge in [0.05, 0.1) is 12.5 Å². The molecule has 2 aromatic heterocycles. The molecule has 1 unspecified atom stereocenters. The van der Waals surface area contributed by atoms with Crippen molar-refractivity contribution in [3.05, 3.63) is 16.8 Å². The topological polar surface area (TPSA) is 61.3 Å². The molecule has 5 nitrogen and oxygen atoms in total. The highest BCUT2D eigenvalue weighted by molar-refractivity contribution is 7.19. The Morgan fingerprint density at radius 3 is 2.78 bits per heavy atom. The Balaban J connectivity index is 1.67. The molecule has 0 N–H and O–H groups in total. The molecule has 0 spiro atoms. The fourth-order valence-electron chi connectivity index (χ4n) is 4.22. The summed E-state index contributed by atoms with van der Waals surface area (Å²) < 4.78 is 38.9. The van der Waals surface area contributed by atoms with Crippen molar-refractivity contribution in [1.82, 2.24) is 9.97 Å². The van der Waals surface area contributed by atoms with Gasteiger partial charge < -0.3 is 9.47 Å². The zero-order valence-corrected chi connectivity index (χ0v) is 16.0. The van der Waals surface area contributed by atoms with E-state index in [2.05, 4.69) is 14.7 Å². The summed E-state index contributed by atoms with van der Waals surface area (Å²) in [7, 11) is 0.986. The summed E-state index contributed by atoms with van der Waals surface area (Å²) in [6.07, 6.45) is 7.79.